The molecule has 0 radical (unpaired) electrons. The summed E-state index contributed by atoms with van der Waals surface area (Å²) in [6.07, 6.45) is 2.86. The smallest absolute Gasteiger partial charge is 0.356 e. The van der Waals surface area contributed by atoms with E-state index in [0.29, 0.717) is 31.5 Å². The highest BCUT2D eigenvalue weighted by molar-refractivity contribution is 5.79. The Morgan fingerprint density at radius 1 is 1.04 bits per heavy atom. The summed E-state index contributed by atoms with van der Waals surface area (Å²) in [5.41, 5.74) is 0. The van der Waals surface area contributed by atoms with Crippen LogP contribution in [0, 0.1) is 35.5 Å². The van der Waals surface area contributed by atoms with Gasteiger partial charge in [-0.3, -0.25) is 9.69 Å². The molecule has 4 bridgehead atoms. The van der Waals surface area contributed by atoms with E-state index in [1.807, 2.05) is 0 Å². The highest BCUT2D eigenvalue weighted by Gasteiger charge is 2.50. The standard InChI is InChI=1S/C18H27F3N2O/c19-18(20,21)10-23-2-1-11(9-23)8-22-17(24)16-14-4-12-3-13(6-14)7-15(16)5-12/h11-16H,1-10H2,(H,22,24). The molecule has 6 heteroatoms. The summed E-state index contributed by atoms with van der Waals surface area (Å²) in [7, 11) is 0. The number of amides is 1. The van der Waals surface area contributed by atoms with E-state index in [0.717, 1.165) is 18.3 Å². The van der Waals surface area contributed by atoms with Crippen molar-refractivity contribution in [3.05, 3.63) is 0 Å². The van der Waals surface area contributed by atoms with Crippen molar-refractivity contribution in [3.63, 3.8) is 0 Å². The SMILES string of the molecule is O=C(NCC1CCN(CC(F)(F)F)C1)C1C2CC3CC(C2)CC1C3. The van der Waals surface area contributed by atoms with E-state index in [4.69, 9.17) is 0 Å². The molecule has 4 saturated carbocycles. The second-order valence-corrected chi connectivity index (χ2v) is 8.71. The van der Waals surface area contributed by atoms with Crippen molar-refractivity contribution in [2.24, 2.45) is 35.5 Å². The quantitative estimate of drug-likeness (QED) is 0.850. The number of nitrogens with one attached hydrogen (secondary N) is 1. The molecule has 1 atom stereocenters. The minimum Gasteiger partial charge on any atom is -0.356 e. The van der Waals surface area contributed by atoms with Crippen LogP contribution in [0.4, 0.5) is 13.2 Å². The highest BCUT2D eigenvalue weighted by Crippen LogP contribution is 2.56. The molecule has 1 aliphatic heterocycles. The van der Waals surface area contributed by atoms with Gasteiger partial charge in [-0.1, -0.05) is 0 Å². The van der Waals surface area contributed by atoms with Crippen LogP contribution in [0.1, 0.15) is 38.5 Å². The van der Waals surface area contributed by atoms with Gasteiger partial charge in [0.25, 0.3) is 0 Å². The number of nitrogens with zero attached hydrogens (tertiary/aromatic N) is 1. The van der Waals surface area contributed by atoms with Crippen LogP contribution in [-0.4, -0.2) is 43.2 Å². The van der Waals surface area contributed by atoms with Crippen LogP contribution >= 0.6 is 0 Å². The Morgan fingerprint density at radius 3 is 2.25 bits per heavy atom. The molecule has 136 valence electrons. The van der Waals surface area contributed by atoms with E-state index in [9.17, 15) is 18.0 Å². The van der Waals surface area contributed by atoms with E-state index < -0.39 is 12.7 Å². The number of alkyl halides is 3. The summed E-state index contributed by atoms with van der Waals surface area (Å²) in [5.74, 6) is 3.33. The lowest BCUT2D eigenvalue weighted by molar-refractivity contribution is -0.144. The first-order chi connectivity index (χ1) is 11.4. The molecule has 5 rings (SSSR count). The second-order valence-electron chi connectivity index (χ2n) is 8.71. The lowest BCUT2D eigenvalue weighted by Gasteiger charge is -2.53. The van der Waals surface area contributed by atoms with Crippen LogP contribution in [0.2, 0.25) is 0 Å². The van der Waals surface area contributed by atoms with E-state index in [1.54, 1.807) is 0 Å². The normalized spacial score (nSPS) is 41.8. The second kappa shape index (κ2) is 6.19. The third-order valence-electron chi connectivity index (χ3n) is 6.87. The van der Waals surface area contributed by atoms with Crippen LogP contribution in [0.25, 0.3) is 0 Å². The van der Waals surface area contributed by atoms with Gasteiger partial charge in [-0.15, -0.1) is 0 Å². The zero-order chi connectivity index (χ0) is 16.9. The summed E-state index contributed by atoms with van der Waals surface area (Å²) in [6, 6.07) is 0. The van der Waals surface area contributed by atoms with Gasteiger partial charge in [0, 0.05) is 19.0 Å². The van der Waals surface area contributed by atoms with E-state index in [1.165, 1.54) is 37.0 Å². The summed E-state index contributed by atoms with van der Waals surface area (Å²) < 4.78 is 37.3. The molecular formula is C18H27F3N2O. The van der Waals surface area contributed by atoms with E-state index >= 15 is 0 Å². The Labute approximate surface area is 141 Å². The van der Waals surface area contributed by atoms with Gasteiger partial charge in [-0.2, -0.15) is 13.2 Å². The maximum Gasteiger partial charge on any atom is 0.401 e. The Morgan fingerprint density at radius 2 is 1.67 bits per heavy atom. The van der Waals surface area contributed by atoms with Gasteiger partial charge in [0.1, 0.15) is 0 Å². The van der Waals surface area contributed by atoms with Crippen molar-refractivity contribution in [1.82, 2.24) is 10.2 Å². The molecule has 24 heavy (non-hydrogen) atoms. The Hall–Kier alpha value is -0.780. The van der Waals surface area contributed by atoms with Crippen molar-refractivity contribution in [2.75, 3.05) is 26.2 Å². The number of hydrogen-bond donors (Lipinski definition) is 1. The molecule has 1 heterocycles. The molecule has 1 N–H and O–H groups in total. The maximum atomic E-state index is 12.7. The first kappa shape index (κ1) is 16.7. The average molecular weight is 344 g/mol. The lowest BCUT2D eigenvalue weighted by atomic mass is 9.51. The number of halogens is 3. The Balaban J connectivity index is 1.26. The van der Waals surface area contributed by atoms with Crippen LogP contribution in [0.3, 0.4) is 0 Å². The molecule has 4 aliphatic carbocycles. The lowest BCUT2D eigenvalue weighted by Crippen LogP contribution is -2.51. The van der Waals surface area contributed by atoms with Gasteiger partial charge in [0.05, 0.1) is 6.54 Å². The third kappa shape index (κ3) is 3.44. The van der Waals surface area contributed by atoms with Crippen LogP contribution in [0.15, 0.2) is 0 Å². The third-order valence-corrected chi connectivity index (χ3v) is 6.87. The first-order valence-corrected chi connectivity index (χ1v) is 9.44. The average Bonchev–Trinajstić information content (AvgIpc) is 2.89. The van der Waals surface area contributed by atoms with Crippen molar-refractivity contribution >= 4 is 5.91 Å². The minimum atomic E-state index is -4.13. The maximum absolute atomic E-state index is 12.7. The summed E-state index contributed by atoms with van der Waals surface area (Å²) >= 11 is 0. The fourth-order valence-electron chi connectivity index (χ4n) is 6.19. The van der Waals surface area contributed by atoms with Crippen molar-refractivity contribution in [2.45, 2.75) is 44.7 Å². The first-order valence-electron chi connectivity index (χ1n) is 9.44. The molecule has 3 nitrogen and oxygen atoms in total. The van der Waals surface area contributed by atoms with Crippen molar-refractivity contribution in [1.29, 1.82) is 0 Å². The van der Waals surface area contributed by atoms with Gasteiger partial charge in [0.15, 0.2) is 0 Å². The topological polar surface area (TPSA) is 32.3 Å². The number of hydrogen-bond acceptors (Lipinski definition) is 2. The predicted octanol–water partition coefficient (Wildman–Crippen LogP) is 3.06. The molecule has 1 unspecified atom stereocenters. The zero-order valence-corrected chi connectivity index (χ0v) is 14.0. The fraction of sp³-hybridized carbons (Fsp3) is 0.944. The minimum absolute atomic E-state index is 0.160. The van der Waals surface area contributed by atoms with Gasteiger partial charge in [0.2, 0.25) is 5.91 Å². The predicted molar refractivity (Wildman–Crippen MR) is 84.1 cm³/mol. The summed E-state index contributed by atoms with van der Waals surface area (Å²) in [6.45, 7) is 0.641. The number of rotatable bonds is 4. The van der Waals surface area contributed by atoms with Crippen molar-refractivity contribution in [3.8, 4) is 0 Å². The fourth-order valence-corrected chi connectivity index (χ4v) is 6.19. The monoisotopic (exact) mass is 344 g/mol. The molecule has 5 fully saturated rings. The number of carbonyl (C=O) groups is 1. The molecule has 0 spiro atoms. The van der Waals surface area contributed by atoms with E-state index in [-0.39, 0.29) is 17.7 Å². The molecule has 1 amide bonds. The van der Waals surface area contributed by atoms with Crippen LogP contribution < -0.4 is 5.32 Å². The molecule has 0 aromatic rings. The van der Waals surface area contributed by atoms with Gasteiger partial charge < -0.3 is 5.32 Å². The molecular weight excluding hydrogens is 317 g/mol. The van der Waals surface area contributed by atoms with Crippen LogP contribution in [0.5, 0.6) is 0 Å². The number of carbonyl (C=O) groups excluding carboxylic acids is 1. The highest BCUT2D eigenvalue weighted by atomic mass is 19.4. The van der Waals surface area contributed by atoms with Gasteiger partial charge >= 0.3 is 6.18 Å². The Kier molecular flexibility index (Phi) is 4.30. The largest absolute Gasteiger partial charge is 0.401 e. The molecule has 0 aromatic heterocycles. The van der Waals surface area contributed by atoms with Crippen LogP contribution in [-0.2, 0) is 4.79 Å². The van der Waals surface area contributed by atoms with Crippen molar-refractivity contribution < 1.29 is 18.0 Å². The molecule has 5 aliphatic rings. The molecule has 0 aromatic carbocycles. The summed E-state index contributed by atoms with van der Waals surface area (Å²) in [4.78, 5) is 14.2. The van der Waals surface area contributed by atoms with Gasteiger partial charge in [-0.05, 0) is 74.7 Å². The molecule has 1 saturated heterocycles. The Bertz CT molecular complexity index is 465. The zero-order valence-electron chi connectivity index (χ0n) is 14.0. The van der Waals surface area contributed by atoms with Gasteiger partial charge in [-0.25, -0.2) is 0 Å². The van der Waals surface area contributed by atoms with E-state index in [2.05, 4.69) is 5.32 Å². The number of likely N-dealkylation sites (tertiary alicyclic amines) is 1. The summed E-state index contributed by atoms with van der Waals surface area (Å²) in [5, 5.41) is 3.09.